The molecular weight excluding hydrogens is 460 g/mol. The lowest BCUT2D eigenvalue weighted by atomic mass is 9.96. The highest BCUT2D eigenvalue weighted by Gasteiger charge is 2.27. The predicted molar refractivity (Wildman–Crippen MR) is 137 cm³/mol. The zero-order valence-corrected chi connectivity index (χ0v) is 21.6. The van der Waals surface area contributed by atoms with Crippen LogP contribution in [0.25, 0.3) is 10.9 Å². The Morgan fingerprint density at radius 1 is 1.14 bits per heavy atom. The first-order chi connectivity index (χ1) is 17.4. The third-order valence-electron chi connectivity index (χ3n) is 6.76. The lowest BCUT2D eigenvalue weighted by Crippen LogP contribution is -2.37. The van der Waals surface area contributed by atoms with Gasteiger partial charge in [0.2, 0.25) is 6.79 Å². The van der Waals surface area contributed by atoms with Gasteiger partial charge in [0.25, 0.3) is 0 Å². The van der Waals surface area contributed by atoms with E-state index in [0.29, 0.717) is 0 Å². The van der Waals surface area contributed by atoms with E-state index in [1.165, 1.54) is 10.3 Å². The van der Waals surface area contributed by atoms with Gasteiger partial charge in [-0.25, -0.2) is 4.79 Å². The zero-order chi connectivity index (χ0) is 25.7. The summed E-state index contributed by atoms with van der Waals surface area (Å²) in [6.45, 7) is 2.05. The molecule has 1 aromatic carbocycles. The maximum absolute atomic E-state index is 12.9. The summed E-state index contributed by atoms with van der Waals surface area (Å²) in [6, 6.07) is 5.57. The molecule has 2 aliphatic rings. The second-order valence-corrected chi connectivity index (χ2v) is 9.59. The minimum absolute atomic E-state index is 0.185. The number of likely N-dealkylation sites (tertiary alicyclic amines) is 1. The van der Waals surface area contributed by atoms with E-state index < -0.39 is 12.9 Å². The summed E-state index contributed by atoms with van der Waals surface area (Å²) < 4.78 is 17.5. The van der Waals surface area contributed by atoms with Crippen molar-refractivity contribution >= 4 is 23.0 Å². The van der Waals surface area contributed by atoms with Gasteiger partial charge in [-0.05, 0) is 63.3 Å². The minimum Gasteiger partial charge on any atom is -0.497 e. The average molecular weight is 497 g/mol. The molecule has 1 aromatic heterocycles. The Morgan fingerprint density at radius 3 is 2.61 bits per heavy atom. The molecule has 4 rings (SSSR count). The minimum atomic E-state index is -0.578. The van der Waals surface area contributed by atoms with Gasteiger partial charge in [-0.2, -0.15) is 0 Å². The number of carbonyl (C=O) groups excluding carboxylic acids is 2. The van der Waals surface area contributed by atoms with Crippen LogP contribution in [0.5, 0.6) is 5.75 Å². The largest absolute Gasteiger partial charge is 0.497 e. The highest BCUT2D eigenvalue weighted by Crippen LogP contribution is 2.27. The van der Waals surface area contributed by atoms with Gasteiger partial charge in [-0.15, -0.1) is 0 Å². The smallest absolute Gasteiger partial charge is 0.421 e. The van der Waals surface area contributed by atoms with Crippen LogP contribution in [0.4, 0.5) is 4.79 Å². The first-order valence-corrected chi connectivity index (χ1v) is 12.4. The van der Waals surface area contributed by atoms with Crippen molar-refractivity contribution in [2.75, 3.05) is 54.7 Å². The number of esters is 1. The summed E-state index contributed by atoms with van der Waals surface area (Å²) in [5.41, 5.74) is 3.01. The molecule has 194 valence electrons. The van der Waals surface area contributed by atoms with Crippen LogP contribution in [0.3, 0.4) is 0 Å². The monoisotopic (exact) mass is 496 g/mol. The number of fused-ring (bicyclic) bond motifs is 1. The normalized spacial score (nSPS) is 16.4. The SMILES string of the molecule is COc1ccc2c(c1)c(CCN(C)C)cn2C(=O)OCOC(=O)C1CCN(C2=CN(C)C=CC2)CC1. The summed E-state index contributed by atoms with van der Waals surface area (Å²) in [6.07, 6.45) is 10.7. The number of likely N-dealkylation sites (N-methyl/N-ethyl adjacent to an activating group) is 1. The number of benzene rings is 1. The van der Waals surface area contributed by atoms with E-state index in [4.69, 9.17) is 14.2 Å². The molecule has 1 fully saturated rings. The van der Waals surface area contributed by atoms with Crippen molar-refractivity contribution in [1.82, 2.24) is 19.3 Å². The van der Waals surface area contributed by atoms with Crippen molar-refractivity contribution in [1.29, 1.82) is 0 Å². The Bertz CT molecular complexity index is 1140. The second-order valence-electron chi connectivity index (χ2n) is 9.59. The molecule has 0 N–H and O–H groups in total. The van der Waals surface area contributed by atoms with Crippen molar-refractivity contribution in [3.8, 4) is 5.75 Å². The number of rotatable bonds is 8. The third-order valence-corrected chi connectivity index (χ3v) is 6.76. The van der Waals surface area contributed by atoms with Crippen LogP contribution in [0.15, 0.2) is 48.6 Å². The Kier molecular flexibility index (Phi) is 8.20. The van der Waals surface area contributed by atoms with E-state index in [0.717, 1.165) is 67.5 Å². The van der Waals surface area contributed by atoms with Gasteiger partial charge in [0.05, 0.1) is 18.5 Å². The van der Waals surface area contributed by atoms with Gasteiger partial charge < -0.3 is 28.9 Å². The molecule has 9 heteroatoms. The van der Waals surface area contributed by atoms with Crippen LogP contribution in [0.2, 0.25) is 0 Å². The summed E-state index contributed by atoms with van der Waals surface area (Å²) in [4.78, 5) is 31.9. The van der Waals surface area contributed by atoms with Gasteiger partial charge in [0.15, 0.2) is 0 Å². The lowest BCUT2D eigenvalue weighted by molar-refractivity contribution is -0.158. The molecule has 0 bridgehead atoms. The summed E-state index contributed by atoms with van der Waals surface area (Å²) in [5, 5.41) is 0.937. The predicted octanol–water partition coefficient (Wildman–Crippen LogP) is 3.64. The lowest BCUT2D eigenvalue weighted by Gasteiger charge is -2.35. The van der Waals surface area contributed by atoms with Gasteiger partial charge in [-0.3, -0.25) is 9.36 Å². The van der Waals surface area contributed by atoms with Crippen LogP contribution in [-0.4, -0.2) is 86.0 Å². The zero-order valence-electron chi connectivity index (χ0n) is 21.6. The molecule has 0 atom stereocenters. The number of ether oxygens (including phenoxy) is 3. The number of aromatic nitrogens is 1. The molecule has 2 aromatic rings. The third kappa shape index (κ3) is 6.02. The summed E-state index contributed by atoms with van der Waals surface area (Å²) in [5.74, 6) is 0.226. The van der Waals surface area contributed by atoms with Crippen molar-refractivity contribution < 1.29 is 23.8 Å². The van der Waals surface area contributed by atoms with Crippen molar-refractivity contribution in [2.24, 2.45) is 5.92 Å². The molecule has 0 saturated carbocycles. The van der Waals surface area contributed by atoms with Gasteiger partial charge >= 0.3 is 12.1 Å². The van der Waals surface area contributed by atoms with Gasteiger partial charge in [0.1, 0.15) is 5.75 Å². The number of hydrogen-bond donors (Lipinski definition) is 0. The topological polar surface area (TPSA) is 76.5 Å². The fraction of sp³-hybridized carbons (Fsp3) is 0.481. The number of piperidine rings is 1. The van der Waals surface area contributed by atoms with Crippen LogP contribution >= 0.6 is 0 Å². The Labute approximate surface area is 212 Å². The Hall–Kier alpha value is -3.46. The highest BCUT2D eigenvalue weighted by molar-refractivity contribution is 5.92. The van der Waals surface area contributed by atoms with Crippen molar-refractivity contribution in [3.63, 3.8) is 0 Å². The molecule has 0 spiro atoms. The fourth-order valence-electron chi connectivity index (χ4n) is 4.71. The second kappa shape index (κ2) is 11.5. The molecule has 36 heavy (non-hydrogen) atoms. The van der Waals surface area contributed by atoms with Crippen LogP contribution in [-0.2, 0) is 20.7 Å². The molecule has 0 amide bonds. The van der Waals surface area contributed by atoms with E-state index >= 15 is 0 Å². The van der Waals surface area contributed by atoms with E-state index in [9.17, 15) is 9.59 Å². The number of allylic oxidation sites excluding steroid dienone is 1. The van der Waals surface area contributed by atoms with Crippen molar-refractivity contribution in [2.45, 2.75) is 25.7 Å². The van der Waals surface area contributed by atoms with Gasteiger partial charge in [-0.1, -0.05) is 6.08 Å². The molecular formula is C27H36N4O5. The number of carbonyl (C=O) groups is 2. The maximum Gasteiger partial charge on any atom is 0.421 e. The van der Waals surface area contributed by atoms with Gasteiger partial charge in [0, 0.05) is 56.6 Å². The molecule has 9 nitrogen and oxygen atoms in total. The first-order valence-electron chi connectivity index (χ1n) is 12.4. The van der Waals surface area contributed by atoms with Crippen LogP contribution in [0, 0.1) is 5.92 Å². The first kappa shape index (κ1) is 25.6. The average Bonchev–Trinajstić information content (AvgIpc) is 3.25. The molecule has 0 radical (unpaired) electrons. The quantitative estimate of drug-likeness (QED) is 0.405. The van der Waals surface area contributed by atoms with E-state index in [1.807, 2.05) is 50.4 Å². The molecule has 1 saturated heterocycles. The number of hydrogen-bond acceptors (Lipinski definition) is 8. The molecule has 2 aliphatic heterocycles. The van der Waals surface area contributed by atoms with E-state index in [-0.39, 0.29) is 11.9 Å². The standard InChI is InChI=1S/C27H36N4O5/c1-28(2)13-9-21-17-31(25-8-7-23(34-4)16-24(21)25)27(33)36-19-35-26(32)20-10-14-30(15-11-20)22-6-5-12-29(3)18-22/h5,7-8,12,16-18,20H,6,9-11,13-15,19H2,1-4H3. The number of nitrogens with zero attached hydrogens (tertiary/aromatic N) is 4. The molecule has 3 heterocycles. The maximum atomic E-state index is 12.9. The molecule has 0 unspecified atom stereocenters. The Balaban J connectivity index is 1.31. The Morgan fingerprint density at radius 2 is 1.92 bits per heavy atom. The molecule has 0 aliphatic carbocycles. The summed E-state index contributed by atoms with van der Waals surface area (Å²) in [7, 11) is 7.65. The van der Waals surface area contributed by atoms with Crippen molar-refractivity contribution in [3.05, 3.63) is 54.1 Å². The fourth-order valence-corrected chi connectivity index (χ4v) is 4.71. The highest BCUT2D eigenvalue weighted by atomic mass is 16.7. The van der Waals surface area contributed by atoms with Crippen LogP contribution < -0.4 is 4.74 Å². The summed E-state index contributed by atoms with van der Waals surface area (Å²) >= 11 is 0. The number of methoxy groups -OCH3 is 1. The van der Waals surface area contributed by atoms with E-state index in [2.05, 4.69) is 22.1 Å². The van der Waals surface area contributed by atoms with Crippen LogP contribution in [0.1, 0.15) is 24.8 Å². The van der Waals surface area contributed by atoms with E-state index in [1.54, 1.807) is 13.3 Å².